The van der Waals surface area contributed by atoms with E-state index in [1.54, 1.807) is 0 Å². The Hall–Kier alpha value is -3.70. The van der Waals surface area contributed by atoms with Gasteiger partial charge in [0.25, 0.3) is 0 Å². The molecule has 0 bridgehead atoms. The van der Waals surface area contributed by atoms with Gasteiger partial charge in [0.1, 0.15) is 6.61 Å². The smallest absolute Gasteiger partial charge is 0.306 e. The summed E-state index contributed by atoms with van der Waals surface area (Å²) >= 11 is 0. The molecule has 1 atom stereocenters. The number of carbonyl (C=O) groups excluding carboxylic acids is 2. The summed E-state index contributed by atoms with van der Waals surface area (Å²) in [6, 6.07) is 0. The first-order valence-corrected chi connectivity index (χ1v) is 29.1. The van der Waals surface area contributed by atoms with E-state index in [4.69, 9.17) is 14.2 Å². The molecule has 0 radical (unpaired) electrons. The van der Waals surface area contributed by atoms with Gasteiger partial charge in [0.2, 0.25) is 0 Å². The van der Waals surface area contributed by atoms with Gasteiger partial charge in [0.15, 0.2) is 6.10 Å². The molecule has 0 spiro atoms. The highest BCUT2D eigenvalue weighted by Crippen LogP contribution is 2.14. The summed E-state index contributed by atoms with van der Waals surface area (Å²) in [5.74, 6) is -0.480. The number of esters is 2. The van der Waals surface area contributed by atoms with Crippen molar-refractivity contribution < 1.29 is 23.8 Å². The lowest BCUT2D eigenvalue weighted by atomic mass is 10.1. The minimum atomic E-state index is -0.575. The van der Waals surface area contributed by atoms with Crippen molar-refractivity contribution in [2.45, 2.75) is 258 Å². The summed E-state index contributed by atoms with van der Waals surface area (Å²) in [4.78, 5) is 25.5. The molecule has 0 aromatic carbocycles. The summed E-state index contributed by atoms with van der Waals surface area (Å²) in [7, 11) is 0. The molecule has 398 valence electrons. The highest BCUT2D eigenvalue weighted by Gasteiger charge is 2.17. The van der Waals surface area contributed by atoms with E-state index < -0.39 is 6.10 Å². The fraction of sp³-hybridized carbons (Fsp3) is 0.662. The quantitative estimate of drug-likeness (QED) is 0.0345. The monoisotopic (exact) mass is 969 g/mol. The van der Waals surface area contributed by atoms with Crippen LogP contribution in [-0.2, 0) is 23.8 Å². The van der Waals surface area contributed by atoms with Gasteiger partial charge in [-0.3, -0.25) is 9.59 Å². The molecule has 0 aromatic rings. The molecule has 1 unspecified atom stereocenters. The summed E-state index contributed by atoms with van der Waals surface area (Å²) in [5.41, 5.74) is 0. The van der Waals surface area contributed by atoms with Crippen LogP contribution in [0.15, 0.2) is 122 Å². The second-order valence-electron chi connectivity index (χ2n) is 18.8. The Morgan fingerprint density at radius 1 is 0.329 bits per heavy atom. The minimum absolute atomic E-state index is 0.0440. The van der Waals surface area contributed by atoms with Crippen LogP contribution >= 0.6 is 0 Å². The lowest BCUT2D eigenvalue weighted by Crippen LogP contribution is -2.30. The van der Waals surface area contributed by atoms with Crippen LogP contribution in [0.25, 0.3) is 0 Å². The number of carbonyl (C=O) groups is 2. The third-order valence-electron chi connectivity index (χ3n) is 12.0. The van der Waals surface area contributed by atoms with Crippen LogP contribution in [0.4, 0.5) is 0 Å². The van der Waals surface area contributed by atoms with Crippen LogP contribution in [0.1, 0.15) is 252 Å². The van der Waals surface area contributed by atoms with Crippen LogP contribution < -0.4 is 0 Å². The number of allylic oxidation sites excluding steroid dienone is 20. The van der Waals surface area contributed by atoms with Crippen molar-refractivity contribution in [1.82, 2.24) is 0 Å². The molecule has 0 aromatic heterocycles. The zero-order chi connectivity index (χ0) is 50.6. The Morgan fingerprint density at radius 2 is 0.657 bits per heavy atom. The largest absolute Gasteiger partial charge is 0.462 e. The molecule has 0 rings (SSSR count). The van der Waals surface area contributed by atoms with Gasteiger partial charge in [-0.05, 0) is 122 Å². The van der Waals surface area contributed by atoms with Crippen molar-refractivity contribution in [3.05, 3.63) is 122 Å². The number of hydrogen-bond acceptors (Lipinski definition) is 5. The van der Waals surface area contributed by atoms with E-state index >= 15 is 0 Å². The van der Waals surface area contributed by atoms with E-state index in [0.29, 0.717) is 19.4 Å². The average molecular weight is 970 g/mol. The van der Waals surface area contributed by atoms with Crippen LogP contribution in [-0.4, -0.2) is 37.9 Å². The Morgan fingerprint density at radius 3 is 1.07 bits per heavy atom. The van der Waals surface area contributed by atoms with E-state index in [-0.39, 0.29) is 25.2 Å². The molecule has 0 amide bonds. The highest BCUT2D eigenvalue weighted by molar-refractivity contribution is 5.70. The van der Waals surface area contributed by atoms with E-state index in [2.05, 4.69) is 142 Å². The lowest BCUT2D eigenvalue weighted by Gasteiger charge is -2.18. The minimum Gasteiger partial charge on any atom is -0.462 e. The molecule has 0 fully saturated rings. The number of rotatable bonds is 52. The van der Waals surface area contributed by atoms with E-state index in [1.165, 1.54) is 109 Å². The number of unbranched alkanes of at least 4 members (excludes halogenated alkanes) is 21. The molecular formula is C65H108O5. The molecule has 0 heterocycles. The predicted octanol–water partition coefficient (Wildman–Crippen LogP) is 20.1. The third-order valence-corrected chi connectivity index (χ3v) is 12.0. The summed E-state index contributed by atoms with van der Waals surface area (Å²) in [6.07, 6.45) is 83.7. The molecule has 0 saturated heterocycles. The standard InChI is InChI=1S/C65H108O5/c1-4-7-10-13-16-19-22-25-28-31-32-33-36-39-42-45-48-51-54-57-60-68-61-63(70-65(67)59-56-53-50-47-44-41-38-35-30-27-24-21-18-15-12-9-6-3)62-69-64(66)58-55-52-49-46-43-40-37-34-29-26-23-20-17-14-11-8-5-2/h8-9,11-12,16-21,25-30,37,40,46,49,63H,4-7,10,13-15,22-24,31-36,38-39,41-45,47-48,50-62H2,1-3H3/b11-8-,12-9-,19-16-,20-17-,21-18-,28-25-,29-26-,30-27-,40-37-,49-46-. The first-order chi connectivity index (χ1) is 34.6. The van der Waals surface area contributed by atoms with Crippen LogP contribution in [0.2, 0.25) is 0 Å². The molecule has 0 saturated carbocycles. The van der Waals surface area contributed by atoms with E-state index in [0.717, 1.165) is 109 Å². The predicted molar refractivity (Wildman–Crippen MR) is 306 cm³/mol. The van der Waals surface area contributed by atoms with Crippen LogP contribution in [0.3, 0.4) is 0 Å². The SMILES string of the molecule is CC/C=C\C/C=C\C/C=C\C/C=C\C/C=C\CCCC(=O)OCC(COCCCCCCCCCCCC/C=C\C/C=C\CCCCC)OC(=O)CCCCCCCCC/C=C\C/C=C\C/C=C\CC. The topological polar surface area (TPSA) is 61.8 Å². The molecular weight excluding hydrogens is 861 g/mol. The molecule has 70 heavy (non-hydrogen) atoms. The maximum atomic E-state index is 12.9. The van der Waals surface area contributed by atoms with Crippen molar-refractivity contribution >= 4 is 11.9 Å². The maximum absolute atomic E-state index is 12.9. The zero-order valence-corrected chi connectivity index (χ0v) is 45.7. The van der Waals surface area contributed by atoms with Crippen molar-refractivity contribution in [2.75, 3.05) is 19.8 Å². The van der Waals surface area contributed by atoms with Gasteiger partial charge in [-0.15, -0.1) is 0 Å². The summed E-state index contributed by atoms with van der Waals surface area (Å²) in [6.45, 7) is 7.51. The first-order valence-electron chi connectivity index (χ1n) is 29.1. The molecule has 0 N–H and O–H groups in total. The fourth-order valence-corrected chi connectivity index (χ4v) is 7.71. The van der Waals surface area contributed by atoms with Gasteiger partial charge in [-0.25, -0.2) is 0 Å². The van der Waals surface area contributed by atoms with Gasteiger partial charge in [0, 0.05) is 19.4 Å². The normalized spacial score (nSPS) is 13.1. The molecule has 5 heteroatoms. The van der Waals surface area contributed by atoms with Crippen molar-refractivity contribution in [1.29, 1.82) is 0 Å². The Kier molecular flexibility index (Phi) is 56.5. The highest BCUT2D eigenvalue weighted by atomic mass is 16.6. The van der Waals surface area contributed by atoms with Crippen molar-refractivity contribution in [3.8, 4) is 0 Å². The molecule has 5 nitrogen and oxygen atoms in total. The van der Waals surface area contributed by atoms with Gasteiger partial charge in [0.05, 0.1) is 6.61 Å². The van der Waals surface area contributed by atoms with Crippen LogP contribution in [0.5, 0.6) is 0 Å². The van der Waals surface area contributed by atoms with Crippen molar-refractivity contribution in [2.24, 2.45) is 0 Å². The average Bonchev–Trinajstić information content (AvgIpc) is 3.36. The number of ether oxygens (including phenoxy) is 3. The Bertz CT molecular complexity index is 1420. The first kappa shape index (κ1) is 66.3. The number of hydrogen-bond donors (Lipinski definition) is 0. The fourth-order valence-electron chi connectivity index (χ4n) is 7.71. The second kappa shape index (κ2) is 59.6. The molecule has 0 aliphatic rings. The Balaban J connectivity index is 4.39. The Labute approximate surface area is 433 Å². The zero-order valence-electron chi connectivity index (χ0n) is 45.7. The third kappa shape index (κ3) is 56.9. The van der Waals surface area contributed by atoms with Gasteiger partial charge in [-0.1, -0.05) is 239 Å². The molecule has 0 aliphatic heterocycles. The van der Waals surface area contributed by atoms with Crippen molar-refractivity contribution in [3.63, 3.8) is 0 Å². The summed E-state index contributed by atoms with van der Waals surface area (Å²) < 4.78 is 17.4. The van der Waals surface area contributed by atoms with E-state index in [9.17, 15) is 9.59 Å². The maximum Gasteiger partial charge on any atom is 0.306 e. The van der Waals surface area contributed by atoms with Gasteiger partial charge in [-0.2, -0.15) is 0 Å². The van der Waals surface area contributed by atoms with Gasteiger partial charge >= 0.3 is 11.9 Å². The second-order valence-corrected chi connectivity index (χ2v) is 18.8. The van der Waals surface area contributed by atoms with Gasteiger partial charge < -0.3 is 14.2 Å². The molecule has 0 aliphatic carbocycles. The van der Waals surface area contributed by atoms with E-state index in [1.807, 2.05) is 0 Å². The lowest BCUT2D eigenvalue weighted by molar-refractivity contribution is -0.163. The summed E-state index contributed by atoms with van der Waals surface area (Å²) in [5, 5.41) is 0. The van der Waals surface area contributed by atoms with Crippen LogP contribution in [0, 0.1) is 0 Å².